The number of nitrogens with zero attached hydrogens (tertiary/aromatic N) is 4. The lowest BCUT2D eigenvalue weighted by Crippen LogP contribution is -2.54. The van der Waals surface area contributed by atoms with Gasteiger partial charge in [-0.1, -0.05) is 12.1 Å². The first-order valence-corrected chi connectivity index (χ1v) is 9.08. The van der Waals surface area contributed by atoms with E-state index >= 15 is 0 Å². The number of sulfone groups is 1. The highest BCUT2D eigenvalue weighted by Gasteiger charge is 2.49. The zero-order valence-electron chi connectivity index (χ0n) is 13.4. The first kappa shape index (κ1) is 17.1. The van der Waals surface area contributed by atoms with E-state index in [0.29, 0.717) is 5.56 Å². The summed E-state index contributed by atoms with van der Waals surface area (Å²) in [5.74, 6) is -0.338. The average Bonchev–Trinajstić information content (AvgIpc) is 2.87. The lowest BCUT2D eigenvalue weighted by Gasteiger charge is -2.22. The summed E-state index contributed by atoms with van der Waals surface area (Å²) in [4.78, 5) is 20.8. The molecule has 10 heteroatoms. The second kappa shape index (κ2) is 5.99. The van der Waals surface area contributed by atoms with E-state index < -0.39 is 21.3 Å². The van der Waals surface area contributed by atoms with Gasteiger partial charge in [0.05, 0.1) is 11.1 Å². The van der Waals surface area contributed by atoms with Crippen molar-refractivity contribution in [3.05, 3.63) is 48.4 Å². The zero-order chi connectivity index (χ0) is 18.2. The summed E-state index contributed by atoms with van der Waals surface area (Å²) in [6.07, 6.45) is 5.35. The summed E-state index contributed by atoms with van der Waals surface area (Å²) in [6, 6.07) is 5.89. The molecule has 0 spiro atoms. The fourth-order valence-electron chi connectivity index (χ4n) is 2.42. The molecule has 0 saturated carbocycles. The highest BCUT2D eigenvalue weighted by molar-refractivity contribution is 7.90. The summed E-state index contributed by atoms with van der Waals surface area (Å²) in [5.41, 5.74) is 1.20. The molecule has 1 amide bonds. The molecule has 2 heterocycles. The molecule has 2 N–H and O–H groups in total. The molecule has 2 aromatic rings. The van der Waals surface area contributed by atoms with E-state index in [2.05, 4.69) is 15.1 Å². The van der Waals surface area contributed by atoms with Crippen molar-refractivity contribution < 1.29 is 18.4 Å². The minimum Gasteiger partial charge on any atom is -0.315 e. The maximum atomic E-state index is 12.7. The largest absolute Gasteiger partial charge is 0.315 e. The molecule has 1 atom stereocenters. The molecule has 1 aromatic carbocycles. The van der Waals surface area contributed by atoms with Crippen LogP contribution in [0.15, 0.2) is 52.9 Å². The molecule has 1 aromatic heterocycles. The standard InChI is InChI=1S/C15H15N5O4S/c1-15(19-22)13(10-3-5-11(6-4-10)25(2,23)24)18-20(14(15)21)12-9-16-7-8-17-12/h3-9,19,22H,1-2H3. The van der Waals surface area contributed by atoms with E-state index in [4.69, 9.17) is 0 Å². The third-order valence-corrected chi connectivity index (χ3v) is 4.97. The van der Waals surface area contributed by atoms with E-state index in [1.54, 1.807) is 0 Å². The Kier molecular flexibility index (Phi) is 4.11. The van der Waals surface area contributed by atoms with Crippen molar-refractivity contribution in [3.8, 4) is 0 Å². The SMILES string of the molecule is CC1(NO)C(=O)N(c2cnccn2)N=C1c1ccc(S(C)(=O)=O)cc1. The smallest absolute Gasteiger partial charge is 0.277 e. The number of rotatable bonds is 4. The topological polar surface area (TPSA) is 125 Å². The number of anilines is 1. The Labute approximate surface area is 143 Å². The van der Waals surface area contributed by atoms with Crippen LogP contribution in [0.3, 0.4) is 0 Å². The molecule has 130 valence electrons. The van der Waals surface area contributed by atoms with Crippen LogP contribution >= 0.6 is 0 Å². The Morgan fingerprint density at radius 2 is 1.88 bits per heavy atom. The number of hydrogen-bond acceptors (Lipinski definition) is 8. The van der Waals surface area contributed by atoms with Crippen molar-refractivity contribution in [1.29, 1.82) is 0 Å². The summed E-state index contributed by atoms with van der Waals surface area (Å²) in [6.45, 7) is 1.47. The molecule has 0 aliphatic carbocycles. The van der Waals surface area contributed by atoms with Crippen molar-refractivity contribution in [3.63, 3.8) is 0 Å². The molecular formula is C15H15N5O4S. The second-order valence-corrected chi connectivity index (χ2v) is 7.68. The highest BCUT2D eigenvalue weighted by Crippen LogP contribution is 2.28. The van der Waals surface area contributed by atoms with Crippen LogP contribution in [0.4, 0.5) is 5.82 Å². The van der Waals surface area contributed by atoms with E-state index in [0.717, 1.165) is 11.3 Å². The number of hydrogen-bond donors (Lipinski definition) is 2. The summed E-state index contributed by atoms with van der Waals surface area (Å²) in [7, 11) is -3.34. The van der Waals surface area contributed by atoms with E-state index in [1.165, 1.54) is 49.8 Å². The van der Waals surface area contributed by atoms with Crippen LogP contribution in [0.1, 0.15) is 12.5 Å². The van der Waals surface area contributed by atoms with Crippen molar-refractivity contribution >= 4 is 27.3 Å². The Morgan fingerprint density at radius 3 is 2.40 bits per heavy atom. The Hall–Kier alpha value is -2.69. The normalized spacial score (nSPS) is 20.7. The molecule has 0 saturated heterocycles. The second-order valence-electron chi connectivity index (χ2n) is 5.66. The summed E-state index contributed by atoms with van der Waals surface area (Å²) in [5, 5.41) is 14.9. The predicted octanol–water partition coefficient (Wildman–Crippen LogP) is 0.368. The first-order chi connectivity index (χ1) is 11.8. The number of carbonyl (C=O) groups is 1. The van der Waals surface area contributed by atoms with Gasteiger partial charge in [0.25, 0.3) is 5.91 Å². The van der Waals surface area contributed by atoms with Gasteiger partial charge in [0.1, 0.15) is 5.71 Å². The van der Waals surface area contributed by atoms with E-state index in [1.807, 2.05) is 5.48 Å². The third-order valence-electron chi connectivity index (χ3n) is 3.84. The molecule has 3 rings (SSSR count). The highest BCUT2D eigenvalue weighted by atomic mass is 32.2. The van der Waals surface area contributed by atoms with Crippen molar-refractivity contribution in [2.75, 3.05) is 11.3 Å². The third kappa shape index (κ3) is 2.90. The van der Waals surface area contributed by atoms with Gasteiger partial charge in [0, 0.05) is 24.2 Å². The number of hydroxylamine groups is 1. The van der Waals surface area contributed by atoms with Crippen LogP contribution in [-0.4, -0.2) is 47.0 Å². The van der Waals surface area contributed by atoms with Gasteiger partial charge in [-0.25, -0.2) is 13.4 Å². The Balaban J connectivity index is 2.07. The van der Waals surface area contributed by atoms with Crippen LogP contribution in [0.2, 0.25) is 0 Å². The molecule has 1 aliphatic rings. The van der Waals surface area contributed by atoms with Gasteiger partial charge in [0.15, 0.2) is 21.2 Å². The van der Waals surface area contributed by atoms with Crippen molar-refractivity contribution in [2.45, 2.75) is 17.4 Å². The van der Waals surface area contributed by atoms with Gasteiger partial charge in [-0.15, -0.1) is 0 Å². The van der Waals surface area contributed by atoms with E-state index in [-0.39, 0.29) is 16.4 Å². The molecule has 0 radical (unpaired) electrons. The van der Waals surface area contributed by atoms with E-state index in [9.17, 15) is 18.4 Å². The quantitative estimate of drug-likeness (QED) is 0.754. The van der Waals surface area contributed by atoms with Crippen LogP contribution < -0.4 is 10.5 Å². The molecular weight excluding hydrogens is 346 g/mol. The van der Waals surface area contributed by atoms with Gasteiger partial charge in [0.2, 0.25) is 0 Å². The van der Waals surface area contributed by atoms with Crippen LogP contribution in [0.25, 0.3) is 0 Å². The Morgan fingerprint density at radius 1 is 1.20 bits per heavy atom. The van der Waals surface area contributed by atoms with Crippen molar-refractivity contribution in [2.24, 2.45) is 5.10 Å². The summed E-state index contributed by atoms with van der Waals surface area (Å²) >= 11 is 0. The number of amides is 1. The number of aromatic nitrogens is 2. The van der Waals surface area contributed by atoms with Gasteiger partial charge in [-0.2, -0.15) is 15.6 Å². The predicted molar refractivity (Wildman–Crippen MR) is 88.9 cm³/mol. The first-order valence-electron chi connectivity index (χ1n) is 7.19. The number of hydrazone groups is 1. The fraction of sp³-hybridized carbons (Fsp3) is 0.200. The lowest BCUT2D eigenvalue weighted by atomic mass is 9.91. The maximum absolute atomic E-state index is 12.7. The molecule has 25 heavy (non-hydrogen) atoms. The van der Waals surface area contributed by atoms with Crippen LogP contribution in [0.5, 0.6) is 0 Å². The minimum atomic E-state index is -3.34. The van der Waals surface area contributed by atoms with Gasteiger partial charge in [-0.05, 0) is 19.1 Å². The zero-order valence-corrected chi connectivity index (χ0v) is 14.2. The van der Waals surface area contributed by atoms with Gasteiger partial charge in [-0.3, -0.25) is 9.78 Å². The molecule has 9 nitrogen and oxygen atoms in total. The Bertz CT molecular complexity index is 944. The van der Waals surface area contributed by atoms with Crippen molar-refractivity contribution in [1.82, 2.24) is 15.4 Å². The molecule has 1 unspecified atom stereocenters. The number of nitrogens with one attached hydrogen (secondary N) is 1. The molecule has 1 aliphatic heterocycles. The molecule has 0 bridgehead atoms. The molecule has 0 fully saturated rings. The number of carbonyl (C=O) groups excluding carboxylic acids is 1. The van der Waals surface area contributed by atoms with Gasteiger partial charge < -0.3 is 5.21 Å². The monoisotopic (exact) mass is 361 g/mol. The number of benzene rings is 1. The minimum absolute atomic E-state index is 0.144. The van der Waals surface area contributed by atoms with Crippen LogP contribution in [-0.2, 0) is 14.6 Å². The summed E-state index contributed by atoms with van der Waals surface area (Å²) < 4.78 is 23.2. The maximum Gasteiger partial charge on any atom is 0.277 e. The lowest BCUT2D eigenvalue weighted by molar-refractivity contribution is -0.124. The average molecular weight is 361 g/mol. The van der Waals surface area contributed by atoms with Gasteiger partial charge >= 0.3 is 0 Å². The van der Waals surface area contributed by atoms with Crippen LogP contribution in [0, 0.1) is 0 Å². The fourth-order valence-corrected chi connectivity index (χ4v) is 3.05.